The van der Waals surface area contributed by atoms with Gasteiger partial charge >= 0.3 is 5.97 Å². The number of esters is 1. The number of carbonyl (C=O) groups is 2. The van der Waals surface area contributed by atoms with Crippen molar-refractivity contribution in [2.75, 3.05) is 0 Å². The van der Waals surface area contributed by atoms with Gasteiger partial charge in [-0.05, 0) is 32.0 Å². The number of Topliss-reactive ketones (excluding diaryl/α,β-unsaturated/α-hetero) is 1. The third-order valence-corrected chi connectivity index (χ3v) is 5.07. The van der Waals surface area contributed by atoms with Gasteiger partial charge in [0.15, 0.2) is 5.78 Å². The Bertz CT molecular complexity index is 658. The van der Waals surface area contributed by atoms with Gasteiger partial charge in [0.05, 0.1) is 10.8 Å². The molecule has 112 valence electrons. The van der Waals surface area contributed by atoms with Crippen LogP contribution in [-0.2, 0) is 16.1 Å². The Balaban J connectivity index is 1.78. The third kappa shape index (κ3) is 4.66. The van der Waals surface area contributed by atoms with Gasteiger partial charge in [0, 0.05) is 26.6 Å². The molecule has 2 heterocycles. The van der Waals surface area contributed by atoms with E-state index >= 15 is 0 Å². The van der Waals surface area contributed by atoms with Crippen LogP contribution in [0.3, 0.4) is 0 Å². The van der Waals surface area contributed by atoms with Crippen LogP contribution >= 0.6 is 34.3 Å². The van der Waals surface area contributed by atoms with Crippen molar-refractivity contribution in [1.82, 2.24) is 0 Å². The molecule has 0 N–H and O–H groups in total. The van der Waals surface area contributed by atoms with Crippen LogP contribution in [0.25, 0.3) is 0 Å². The van der Waals surface area contributed by atoms with Crippen LogP contribution in [0.15, 0.2) is 18.2 Å². The number of hydrogen-bond donors (Lipinski definition) is 0. The van der Waals surface area contributed by atoms with Crippen molar-refractivity contribution in [2.45, 2.75) is 33.3 Å². The number of thiophene rings is 2. The van der Waals surface area contributed by atoms with Crippen LogP contribution in [0.4, 0.5) is 0 Å². The average molecular weight is 343 g/mol. The Kier molecular flexibility index (Phi) is 5.56. The zero-order chi connectivity index (χ0) is 15.4. The van der Waals surface area contributed by atoms with E-state index in [-0.39, 0.29) is 31.2 Å². The molecule has 0 unspecified atom stereocenters. The molecule has 3 nitrogen and oxygen atoms in total. The highest BCUT2D eigenvalue weighted by Crippen LogP contribution is 2.23. The smallest absolute Gasteiger partial charge is 0.306 e. The van der Waals surface area contributed by atoms with Crippen molar-refractivity contribution in [2.24, 2.45) is 0 Å². The molecule has 2 aromatic rings. The summed E-state index contributed by atoms with van der Waals surface area (Å²) in [4.78, 5) is 26.7. The molecule has 0 aliphatic heterocycles. The quantitative estimate of drug-likeness (QED) is 0.560. The van der Waals surface area contributed by atoms with E-state index in [0.29, 0.717) is 4.34 Å². The zero-order valence-electron chi connectivity index (χ0n) is 11.8. The van der Waals surface area contributed by atoms with Crippen molar-refractivity contribution >= 4 is 46.0 Å². The highest BCUT2D eigenvalue weighted by Gasteiger charge is 2.14. The second-order valence-electron chi connectivity index (χ2n) is 4.62. The highest BCUT2D eigenvalue weighted by atomic mass is 35.5. The van der Waals surface area contributed by atoms with Crippen molar-refractivity contribution in [3.05, 3.63) is 42.7 Å². The van der Waals surface area contributed by atoms with E-state index in [9.17, 15) is 9.59 Å². The fourth-order valence-corrected chi connectivity index (χ4v) is 3.85. The predicted octanol–water partition coefficient (Wildman–Crippen LogP) is 4.79. The van der Waals surface area contributed by atoms with Crippen LogP contribution < -0.4 is 0 Å². The molecule has 0 bridgehead atoms. The molecule has 0 spiro atoms. The van der Waals surface area contributed by atoms with Gasteiger partial charge in [-0.1, -0.05) is 11.6 Å². The minimum absolute atomic E-state index is 0.00651. The Morgan fingerprint density at radius 3 is 2.52 bits per heavy atom. The van der Waals surface area contributed by atoms with Crippen LogP contribution in [0.2, 0.25) is 4.34 Å². The summed E-state index contributed by atoms with van der Waals surface area (Å²) in [7, 11) is 0. The minimum atomic E-state index is -0.363. The standard InChI is InChI=1S/C15H15ClO3S2/c1-9-7-12(10(2)20-9)13(17)4-6-15(18)19-8-11-3-5-14(16)21-11/h3,5,7H,4,6,8H2,1-2H3. The molecule has 0 radical (unpaired) electrons. The van der Waals surface area contributed by atoms with Crippen LogP contribution in [0.1, 0.15) is 37.8 Å². The SMILES string of the molecule is Cc1cc(C(=O)CCC(=O)OCc2ccc(Cl)s2)c(C)s1. The fraction of sp³-hybridized carbons (Fsp3) is 0.333. The van der Waals surface area contributed by atoms with Gasteiger partial charge in [0.1, 0.15) is 6.61 Å². The van der Waals surface area contributed by atoms with Crippen molar-refractivity contribution < 1.29 is 14.3 Å². The first-order chi connectivity index (χ1) is 9.95. The van der Waals surface area contributed by atoms with Gasteiger partial charge in [-0.3, -0.25) is 9.59 Å². The van der Waals surface area contributed by atoms with Crippen molar-refractivity contribution in [1.29, 1.82) is 0 Å². The van der Waals surface area contributed by atoms with Crippen LogP contribution in [0.5, 0.6) is 0 Å². The van der Waals surface area contributed by atoms with Gasteiger partial charge in [-0.15, -0.1) is 22.7 Å². The van der Waals surface area contributed by atoms with Crippen LogP contribution in [0, 0.1) is 13.8 Å². The van der Waals surface area contributed by atoms with E-state index in [4.69, 9.17) is 16.3 Å². The first-order valence-corrected chi connectivity index (χ1v) is 8.47. The number of hydrogen-bond acceptors (Lipinski definition) is 5. The van der Waals surface area contributed by atoms with E-state index in [1.165, 1.54) is 11.3 Å². The lowest BCUT2D eigenvalue weighted by atomic mass is 10.1. The maximum Gasteiger partial charge on any atom is 0.306 e. The van der Waals surface area contributed by atoms with Gasteiger partial charge in [-0.2, -0.15) is 0 Å². The minimum Gasteiger partial charge on any atom is -0.460 e. The van der Waals surface area contributed by atoms with E-state index in [2.05, 4.69) is 0 Å². The summed E-state index contributed by atoms with van der Waals surface area (Å²) in [6, 6.07) is 5.46. The fourth-order valence-electron chi connectivity index (χ4n) is 1.91. The third-order valence-electron chi connectivity index (χ3n) is 2.90. The van der Waals surface area contributed by atoms with Crippen molar-refractivity contribution in [3.8, 4) is 0 Å². The summed E-state index contributed by atoms with van der Waals surface area (Å²) in [5.41, 5.74) is 0.718. The molecular weight excluding hydrogens is 328 g/mol. The second kappa shape index (κ2) is 7.20. The first kappa shape index (κ1) is 16.2. The Labute approximate surface area is 136 Å². The largest absolute Gasteiger partial charge is 0.460 e. The number of ether oxygens (including phenoxy) is 1. The van der Waals surface area contributed by atoms with E-state index in [0.717, 1.165) is 20.2 Å². The van der Waals surface area contributed by atoms with Crippen molar-refractivity contribution in [3.63, 3.8) is 0 Å². The summed E-state index contributed by atoms with van der Waals surface area (Å²) in [6.07, 6.45) is 0.285. The molecule has 0 fully saturated rings. The lowest BCUT2D eigenvalue weighted by Gasteiger charge is -2.03. The molecule has 0 amide bonds. The second-order valence-corrected chi connectivity index (χ2v) is 7.88. The normalized spacial score (nSPS) is 10.6. The summed E-state index contributed by atoms with van der Waals surface area (Å²) >= 11 is 8.77. The van der Waals surface area contributed by atoms with Crippen LogP contribution in [-0.4, -0.2) is 11.8 Å². The lowest BCUT2D eigenvalue weighted by Crippen LogP contribution is -2.08. The molecule has 0 saturated carbocycles. The molecule has 21 heavy (non-hydrogen) atoms. The molecule has 2 rings (SSSR count). The summed E-state index contributed by atoms with van der Waals surface area (Å²) in [5.74, 6) is -0.370. The van der Waals surface area contributed by atoms with E-state index in [1.807, 2.05) is 26.0 Å². The summed E-state index contributed by atoms with van der Waals surface area (Å²) in [6.45, 7) is 4.10. The summed E-state index contributed by atoms with van der Waals surface area (Å²) < 4.78 is 5.79. The van der Waals surface area contributed by atoms with E-state index < -0.39 is 0 Å². The topological polar surface area (TPSA) is 43.4 Å². The van der Waals surface area contributed by atoms with Gasteiger partial charge < -0.3 is 4.74 Å². The van der Waals surface area contributed by atoms with Gasteiger partial charge in [0.25, 0.3) is 0 Å². The maximum atomic E-state index is 12.0. The van der Waals surface area contributed by atoms with Gasteiger partial charge in [-0.25, -0.2) is 0 Å². The number of aryl methyl sites for hydroxylation is 2. The molecule has 0 atom stereocenters. The molecular formula is C15H15ClO3S2. The number of rotatable bonds is 6. The molecule has 0 aromatic carbocycles. The first-order valence-electron chi connectivity index (χ1n) is 6.46. The molecule has 0 aliphatic carbocycles. The Morgan fingerprint density at radius 2 is 1.95 bits per heavy atom. The Hall–Kier alpha value is -1.17. The van der Waals surface area contributed by atoms with Gasteiger partial charge in [0.2, 0.25) is 0 Å². The monoisotopic (exact) mass is 342 g/mol. The predicted molar refractivity (Wildman–Crippen MR) is 86.5 cm³/mol. The highest BCUT2D eigenvalue weighted by molar-refractivity contribution is 7.16. The maximum absolute atomic E-state index is 12.0. The molecule has 6 heteroatoms. The summed E-state index contributed by atoms with van der Waals surface area (Å²) in [5, 5.41) is 0. The molecule has 0 aliphatic rings. The zero-order valence-corrected chi connectivity index (χ0v) is 14.2. The Morgan fingerprint density at radius 1 is 1.19 bits per heavy atom. The van der Waals surface area contributed by atoms with E-state index in [1.54, 1.807) is 17.4 Å². The number of carbonyl (C=O) groups excluding carboxylic acids is 2. The lowest BCUT2D eigenvalue weighted by molar-refractivity contribution is -0.144. The number of ketones is 1. The average Bonchev–Trinajstić information content (AvgIpc) is 2.99. The molecule has 0 saturated heterocycles. The molecule has 2 aromatic heterocycles. The number of halogens is 1.